The highest BCUT2D eigenvalue weighted by atomic mass is 19.3. The zero-order valence-corrected chi connectivity index (χ0v) is 21.1. The van der Waals surface area contributed by atoms with Gasteiger partial charge in [0.05, 0.1) is 5.92 Å². The molecule has 1 N–H and O–H groups in total. The Morgan fingerprint density at radius 2 is 1.58 bits per heavy atom. The number of rotatable bonds is 8. The summed E-state index contributed by atoms with van der Waals surface area (Å²) < 4.78 is 35.8. The van der Waals surface area contributed by atoms with Gasteiger partial charge in [0.2, 0.25) is 0 Å². The Morgan fingerprint density at radius 1 is 1.00 bits per heavy atom. The highest BCUT2D eigenvalue weighted by molar-refractivity contribution is 5.49. The van der Waals surface area contributed by atoms with E-state index < -0.39 is 12.0 Å². The van der Waals surface area contributed by atoms with Crippen LogP contribution in [0.15, 0.2) is 24.8 Å². The first-order valence-corrected chi connectivity index (χ1v) is 13.1. The highest BCUT2D eigenvalue weighted by Crippen LogP contribution is 2.46. The molecular formula is C29H44F2O2. The molecule has 33 heavy (non-hydrogen) atoms. The Morgan fingerprint density at radius 3 is 2.09 bits per heavy atom. The van der Waals surface area contributed by atoms with E-state index in [2.05, 4.69) is 6.58 Å². The summed E-state index contributed by atoms with van der Waals surface area (Å²) >= 11 is 0. The Balaban J connectivity index is 1.59. The van der Waals surface area contributed by atoms with Gasteiger partial charge in [-0.05, 0) is 98.7 Å². The van der Waals surface area contributed by atoms with Crippen molar-refractivity contribution >= 4 is 0 Å². The molecule has 1 aromatic rings. The van der Waals surface area contributed by atoms with E-state index in [-0.39, 0.29) is 16.9 Å². The van der Waals surface area contributed by atoms with Crippen molar-refractivity contribution in [2.24, 2.45) is 23.7 Å². The van der Waals surface area contributed by atoms with Crippen LogP contribution >= 0.6 is 0 Å². The lowest BCUT2D eigenvalue weighted by molar-refractivity contribution is -0.224. The molecule has 2 nitrogen and oxygen atoms in total. The van der Waals surface area contributed by atoms with Gasteiger partial charge in [-0.1, -0.05) is 46.6 Å². The van der Waals surface area contributed by atoms with Crippen LogP contribution in [0.5, 0.6) is 11.5 Å². The maximum Gasteiger partial charge on any atom is 0.400 e. The van der Waals surface area contributed by atoms with Crippen molar-refractivity contribution in [2.45, 2.75) is 110 Å². The number of aromatic hydroxyl groups is 1. The van der Waals surface area contributed by atoms with Crippen LogP contribution in [-0.4, -0.2) is 11.2 Å². The van der Waals surface area contributed by atoms with Crippen LogP contribution < -0.4 is 4.74 Å². The fourth-order valence-electron chi connectivity index (χ4n) is 6.03. The second-order valence-corrected chi connectivity index (χ2v) is 11.5. The third-order valence-corrected chi connectivity index (χ3v) is 8.19. The number of hydrogen-bond donors (Lipinski definition) is 1. The topological polar surface area (TPSA) is 29.5 Å². The first kappa shape index (κ1) is 26.0. The largest absolute Gasteiger partial charge is 0.507 e. The SMILES string of the molecule is C=CCCC1CCC(C2CCC(C(F)(F)Oc3cc(CC)c(O)c(C(C)(C)C)c3)CC2)CC1. The van der Waals surface area contributed by atoms with E-state index in [1.807, 2.05) is 33.8 Å². The summed E-state index contributed by atoms with van der Waals surface area (Å²) in [6, 6.07) is 3.17. The molecule has 0 radical (unpaired) electrons. The molecule has 0 atom stereocenters. The normalized spacial score (nSPS) is 26.7. The second kappa shape index (κ2) is 10.8. The van der Waals surface area contributed by atoms with Crippen LogP contribution in [0, 0.1) is 23.7 Å². The third-order valence-electron chi connectivity index (χ3n) is 8.19. The molecule has 2 aliphatic rings. The molecule has 0 saturated heterocycles. The molecule has 0 aliphatic heterocycles. The number of phenols is 1. The van der Waals surface area contributed by atoms with Gasteiger partial charge in [-0.3, -0.25) is 0 Å². The van der Waals surface area contributed by atoms with Crippen LogP contribution in [0.4, 0.5) is 8.78 Å². The molecule has 0 spiro atoms. The number of hydrogen-bond acceptors (Lipinski definition) is 2. The van der Waals surface area contributed by atoms with Gasteiger partial charge in [-0.15, -0.1) is 6.58 Å². The summed E-state index contributed by atoms with van der Waals surface area (Å²) in [4.78, 5) is 0. The van der Waals surface area contributed by atoms with Crippen molar-refractivity contribution < 1.29 is 18.6 Å². The predicted molar refractivity (Wildman–Crippen MR) is 132 cm³/mol. The molecule has 0 heterocycles. The summed E-state index contributed by atoms with van der Waals surface area (Å²) in [6.07, 6.45) is 9.65. The molecule has 3 rings (SSSR count). The number of benzene rings is 1. The maximum absolute atomic E-state index is 15.2. The van der Waals surface area contributed by atoms with E-state index >= 15 is 8.78 Å². The Labute approximate surface area is 199 Å². The fourth-order valence-corrected chi connectivity index (χ4v) is 6.03. The van der Waals surface area contributed by atoms with Gasteiger partial charge >= 0.3 is 6.11 Å². The van der Waals surface area contributed by atoms with Crippen molar-refractivity contribution in [3.05, 3.63) is 35.9 Å². The molecule has 1 aromatic carbocycles. The number of aryl methyl sites for hydroxylation is 1. The minimum absolute atomic E-state index is 0.166. The lowest BCUT2D eigenvalue weighted by Crippen LogP contribution is -2.38. The molecule has 0 unspecified atom stereocenters. The van der Waals surface area contributed by atoms with Crippen molar-refractivity contribution in [3.8, 4) is 11.5 Å². The lowest BCUT2D eigenvalue weighted by atomic mass is 9.68. The van der Waals surface area contributed by atoms with Gasteiger partial charge in [0.15, 0.2) is 0 Å². The monoisotopic (exact) mass is 462 g/mol. The molecule has 2 aliphatic carbocycles. The highest BCUT2D eigenvalue weighted by Gasteiger charge is 2.45. The van der Waals surface area contributed by atoms with Crippen LogP contribution in [0.25, 0.3) is 0 Å². The van der Waals surface area contributed by atoms with Gasteiger partial charge in [-0.2, -0.15) is 8.78 Å². The number of ether oxygens (including phenoxy) is 1. The minimum atomic E-state index is -3.19. The van der Waals surface area contributed by atoms with E-state index in [4.69, 9.17) is 4.74 Å². The number of alkyl halides is 2. The van der Waals surface area contributed by atoms with Crippen LogP contribution in [0.1, 0.15) is 103 Å². The minimum Gasteiger partial charge on any atom is -0.507 e. The number of halogens is 2. The Kier molecular flexibility index (Phi) is 8.50. The zero-order chi connectivity index (χ0) is 24.2. The van der Waals surface area contributed by atoms with Gasteiger partial charge < -0.3 is 9.84 Å². The number of phenolic OH excluding ortho intramolecular Hbond substituents is 1. The zero-order valence-electron chi connectivity index (χ0n) is 21.1. The number of allylic oxidation sites excluding steroid dienone is 1. The summed E-state index contributed by atoms with van der Waals surface area (Å²) in [5, 5.41) is 10.6. The van der Waals surface area contributed by atoms with Gasteiger partial charge in [-0.25, -0.2) is 0 Å². The van der Waals surface area contributed by atoms with E-state index in [1.54, 1.807) is 12.1 Å². The molecule has 4 heteroatoms. The molecule has 2 saturated carbocycles. The summed E-state index contributed by atoms with van der Waals surface area (Å²) in [5.74, 6) is 1.74. The lowest BCUT2D eigenvalue weighted by Gasteiger charge is -2.39. The van der Waals surface area contributed by atoms with Crippen molar-refractivity contribution in [3.63, 3.8) is 0 Å². The van der Waals surface area contributed by atoms with Crippen LogP contribution in [0.3, 0.4) is 0 Å². The molecule has 0 amide bonds. The fraction of sp³-hybridized carbons (Fsp3) is 0.724. The average Bonchev–Trinajstić information content (AvgIpc) is 2.78. The quantitative estimate of drug-likeness (QED) is 0.391. The first-order valence-electron chi connectivity index (χ1n) is 13.1. The van der Waals surface area contributed by atoms with Gasteiger partial charge in [0, 0.05) is 5.56 Å². The Hall–Kier alpha value is -1.58. The van der Waals surface area contributed by atoms with Crippen molar-refractivity contribution in [2.75, 3.05) is 0 Å². The third kappa shape index (κ3) is 6.51. The van der Waals surface area contributed by atoms with Crippen molar-refractivity contribution in [1.29, 1.82) is 0 Å². The summed E-state index contributed by atoms with van der Waals surface area (Å²) in [6.45, 7) is 11.7. The smallest absolute Gasteiger partial charge is 0.400 e. The van der Waals surface area contributed by atoms with Gasteiger partial charge in [0.25, 0.3) is 0 Å². The van der Waals surface area contributed by atoms with E-state index in [9.17, 15) is 5.11 Å². The first-order chi connectivity index (χ1) is 15.5. The molecule has 2 fully saturated rings. The van der Waals surface area contributed by atoms with E-state index in [0.29, 0.717) is 42.2 Å². The standard InChI is InChI=1S/C29H44F2O2/c1-6-8-9-20-10-12-22(13-11-20)23-14-16-24(17-15-23)29(30,31)33-25-18-21(7-2)27(32)26(19-25)28(3,4)5/h6,18-20,22-24,32H,1,7-17H2,2-5H3. The average molecular weight is 463 g/mol. The molecular weight excluding hydrogens is 418 g/mol. The van der Waals surface area contributed by atoms with E-state index in [0.717, 1.165) is 25.2 Å². The van der Waals surface area contributed by atoms with E-state index in [1.165, 1.54) is 32.1 Å². The second-order valence-electron chi connectivity index (χ2n) is 11.5. The summed E-state index contributed by atoms with van der Waals surface area (Å²) in [5.41, 5.74) is 0.950. The summed E-state index contributed by atoms with van der Waals surface area (Å²) in [7, 11) is 0. The molecule has 0 bridgehead atoms. The van der Waals surface area contributed by atoms with Gasteiger partial charge in [0.1, 0.15) is 11.5 Å². The molecule has 0 aromatic heterocycles. The van der Waals surface area contributed by atoms with Crippen molar-refractivity contribution in [1.82, 2.24) is 0 Å². The molecule has 186 valence electrons. The van der Waals surface area contributed by atoms with Crippen LogP contribution in [0.2, 0.25) is 0 Å². The predicted octanol–water partition coefficient (Wildman–Crippen LogP) is 8.80. The maximum atomic E-state index is 15.2. The van der Waals surface area contributed by atoms with Crippen LogP contribution in [-0.2, 0) is 11.8 Å². The Bertz CT molecular complexity index is 780.